The number of rotatable bonds is 4. The summed E-state index contributed by atoms with van der Waals surface area (Å²) in [6, 6.07) is 8.22. The lowest BCUT2D eigenvalue weighted by Crippen LogP contribution is -2.25. The van der Waals surface area contributed by atoms with E-state index in [1.807, 2.05) is 12.1 Å². The summed E-state index contributed by atoms with van der Waals surface area (Å²) in [6.07, 6.45) is 7.71. The van der Waals surface area contributed by atoms with Gasteiger partial charge in [-0.2, -0.15) is 0 Å². The van der Waals surface area contributed by atoms with Gasteiger partial charge in [0.25, 0.3) is 0 Å². The lowest BCUT2D eigenvalue weighted by molar-refractivity contribution is -0.124. The van der Waals surface area contributed by atoms with Gasteiger partial charge in [0.05, 0.1) is 6.61 Å². The van der Waals surface area contributed by atoms with Crippen LogP contribution in [0.3, 0.4) is 0 Å². The molecule has 0 N–H and O–H groups in total. The Kier molecular flexibility index (Phi) is 4.62. The number of ether oxygens (including phenoxy) is 1. The van der Waals surface area contributed by atoms with E-state index >= 15 is 0 Å². The summed E-state index contributed by atoms with van der Waals surface area (Å²) in [6.45, 7) is 3.00. The predicted octanol–water partition coefficient (Wildman–Crippen LogP) is 4.73. The Labute approximate surface area is 127 Å². The van der Waals surface area contributed by atoms with E-state index in [0.29, 0.717) is 24.0 Å². The summed E-state index contributed by atoms with van der Waals surface area (Å²) in [7, 11) is 0. The van der Waals surface area contributed by atoms with Gasteiger partial charge < -0.3 is 4.74 Å². The summed E-state index contributed by atoms with van der Waals surface area (Å²) in [5.41, 5.74) is 1.24. The first-order valence-corrected chi connectivity index (χ1v) is 8.52. The molecule has 2 heteroatoms. The Morgan fingerprint density at radius 1 is 1.24 bits per heavy atom. The van der Waals surface area contributed by atoms with Gasteiger partial charge in [-0.3, -0.25) is 4.79 Å². The van der Waals surface area contributed by atoms with Crippen LogP contribution >= 0.6 is 0 Å². The number of para-hydroxylation sites is 1. The highest BCUT2D eigenvalue weighted by Gasteiger charge is 2.30. The van der Waals surface area contributed by atoms with Crippen LogP contribution in [0.15, 0.2) is 24.3 Å². The van der Waals surface area contributed by atoms with Crippen molar-refractivity contribution < 1.29 is 9.53 Å². The van der Waals surface area contributed by atoms with E-state index < -0.39 is 0 Å². The molecule has 1 aliphatic carbocycles. The second-order valence-corrected chi connectivity index (χ2v) is 6.68. The molecule has 0 amide bonds. The lowest BCUT2D eigenvalue weighted by Gasteiger charge is -2.30. The molecule has 0 bridgehead atoms. The zero-order chi connectivity index (χ0) is 14.7. The van der Waals surface area contributed by atoms with E-state index in [1.54, 1.807) is 0 Å². The highest BCUT2D eigenvalue weighted by molar-refractivity contribution is 5.82. The minimum Gasteiger partial charge on any atom is -0.493 e. The van der Waals surface area contributed by atoms with Gasteiger partial charge in [0.15, 0.2) is 0 Å². The molecule has 1 saturated carbocycles. The second-order valence-electron chi connectivity index (χ2n) is 6.68. The van der Waals surface area contributed by atoms with E-state index in [0.717, 1.165) is 37.5 Å². The van der Waals surface area contributed by atoms with Gasteiger partial charge in [-0.1, -0.05) is 44.4 Å². The van der Waals surface area contributed by atoms with Crippen LogP contribution in [-0.2, 0) is 4.79 Å². The highest BCUT2D eigenvalue weighted by atomic mass is 16.5. The predicted molar refractivity (Wildman–Crippen MR) is 84.7 cm³/mol. The number of Topliss-reactive ketones (excluding diaryl/α,β-unsaturated/α-hetero) is 1. The fraction of sp³-hybridized carbons (Fsp3) is 0.632. The first-order chi connectivity index (χ1) is 10.3. The number of carbonyl (C=O) groups excluding carboxylic acids is 1. The summed E-state index contributed by atoms with van der Waals surface area (Å²) >= 11 is 0. The maximum Gasteiger partial charge on any atom is 0.136 e. The van der Waals surface area contributed by atoms with Crippen molar-refractivity contribution in [1.82, 2.24) is 0 Å². The minimum atomic E-state index is 0.318. The number of benzene rings is 1. The fourth-order valence-electron chi connectivity index (χ4n) is 3.99. The third kappa shape index (κ3) is 3.30. The van der Waals surface area contributed by atoms with E-state index in [-0.39, 0.29) is 0 Å². The largest absolute Gasteiger partial charge is 0.493 e. The molecular weight excluding hydrogens is 260 g/mol. The van der Waals surface area contributed by atoms with Crippen molar-refractivity contribution in [3.8, 4) is 5.75 Å². The van der Waals surface area contributed by atoms with Gasteiger partial charge in [-0.15, -0.1) is 0 Å². The molecule has 1 aromatic rings. The van der Waals surface area contributed by atoms with E-state index in [1.165, 1.54) is 24.8 Å². The van der Waals surface area contributed by atoms with Crippen molar-refractivity contribution >= 4 is 5.78 Å². The van der Waals surface area contributed by atoms with Crippen LogP contribution in [0.4, 0.5) is 0 Å². The molecule has 0 saturated heterocycles. The average Bonchev–Trinajstić information content (AvgIpc) is 2.55. The number of ketones is 1. The third-order valence-corrected chi connectivity index (χ3v) is 5.35. The number of hydrogen-bond donors (Lipinski definition) is 0. The summed E-state index contributed by atoms with van der Waals surface area (Å²) < 4.78 is 5.70. The molecule has 0 aromatic heterocycles. The summed E-state index contributed by atoms with van der Waals surface area (Å²) in [5, 5.41) is 0. The Bertz CT molecular complexity index is 494. The van der Waals surface area contributed by atoms with E-state index in [9.17, 15) is 4.79 Å². The molecule has 0 spiro atoms. The van der Waals surface area contributed by atoms with Gasteiger partial charge in [0, 0.05) is 12.3 Å². The molecule has 3 rings (SSSR count). The van der Waals surface area contributed by atoms with Crippen LogP contribution in [0.25, 0.3) is 0 Å². The van der Waals surface area contributed by atoms with E-state index in [4.69, 9.17) is 4.74 Å². The van der Waals surface area contributed by atoms with Crippen LogP contribution in [0, 0.1) is 11.8 Å². The molecule has 1 aromatic carbocycles. The smallest absolute Gasteiger partial charge is 0.136 e. The third-order valence-electron chi connectivity index (χ3n) is 5.35. The Hall–Kier alpha value is -1.31. The van der Waals surface area contributed by atoms with Gasteiger partial charge in [0.2, 0.25) is 0 Å². The molecule has 1 fully saturated rings. The Morgan fingerprint density at radius 2 is 2.10 bits per heavy atom. The number of fused-ring (bicyclic) bond motifs is 1. The molecular formula is C19H26O2. The quantitative estimate of drug-likeness (QED) is 0.800. The first-order valence-electron chi connectivity index (χ1n) is 8.52. The second kappa shape index (κ2) is 6.64. The van der Waals surface area contributed by atoms with Gasteiger partial charge in [-0.05, 0) is 42.7 Å². The Morgan fingerprint density at radius 3 is 2.95 bits per heavy atom. The molecule has 1 aliphatic heterocycles. The van der Waals surface area contributed by atoms with Crippen molar-refractivity contribution in [1.29, 1.82) is 0 Å². The standard InChI is InChI=1S/C19H26O2/c1-2-14-6-5-7-16(12-14)18(20)13-15-10-11-21-19-9-4-3-8-17(15)19/h3-4,8-9,14-16H,2,5-7,10-13H2,1H3. The van der Waals surface area contributed by atoms with Crippen LogP contribution in [0.1, 0.15) is 63.4 Å². The van der Waals surface area contributed by atoms with Crippen molar-refractivity contribution in [2.45, 2.75) is 57.8 Å². The minimum absolute atomic E-state index is 0.318. The molecule has 0 radical (unpaired) electrons. The summed E-state index contributed by atoms with van der Waals surface area (Å²) in [4.78, 5) is 12.7. The molecule has 114 valence electrons. The molecule has 21 heavy (non-hydrogen) atoms. The number of carbonyl (C=O) groups is 1. The van der Waals surface area contributed by atoms with Crippen LogP contribution in [-0.4, -0.2) is 12.4 Å². The van der Waals surface area contributed by atoms with Gasteiger partial charge in [0.1, 0.15) is 11.5 Å². The summed E-state index contributed by atoms with van der Waals surface area (Å²) in [5.74, 6) is 2.93. The van der Waals surface area contributed by atoms with Crippen LogP contribution in [0.5, 0.6) is 5.75 Å². The zero-order valence-corrected chi connectivity index (χ0v) is 13.0. The van der Waals surface area contributed by atoms with Crippen molar-refractivity contribution in [2.24, 2.45) is 11.8 Å². The van der Waals surface area contributed by atoms with Gasteiger partial charge in [-0.25, -0.2) is 0 Å². The molecule has 3 atom stereocenters. The fourth-order valence-corrected chi connectivity index (χ4v) is 3.99. The zero-order valence-electron chi connectivity index (χ0n) is 13.0. The van der Waals surface area contributed by atoms with Crippen molar-refractivity contribution in [2.75, 3.05) is 6.61 Å². The normalized spacial score (nSPS) is 28.5. The topological polar surface area (TPSA) is 26.3 Å². The maximum absolute atomic E-state index is 12.7. The Balaban J connectivity index is 1.65. The van der Waals surface area contributed by atoms with Crippen molar-refractivity contribution in [3.05, 3.63) is 29.8 Å². The van der Waals surface area contributed by atoms with E-state index in [2.05, 4.69) is 19.1 Å². The lowest BCUT2D eigenvalue weighted by atomic mass is 9.75. The highest BCUT2D eigenvalue weighted by Crippen LogP contribution is 2.38. The maximum atomic E-state index is 12.7. The number of hydrogen-bond acceptors (Lipinski definition) is 2. The van der Waals surface area contributed by atoms with Crippen LogP contribution < -0.4 is 4.74 Å². The molecule has 3 unspecified atom stereocenters. The van der Waals surface area contributed by atoms with Crippen molar-refractivity contribution in [3.63, 3.8) is 0 Å². The molecule has 2 aliphatic rings. The SMILES string of the molecule is CCC1CCCC(C(=O)CC2CCOc3ccccc32)C1. The first kappa shape index (κ1) is 14.6. The molecule has 1 heterocycles. The van der Waals surface area contributed by atoms with Crippen LogP contribution in [0.2, 0.25) is 0 Å². The monoisotopic (exact) mass is 286 g/mol. The average molecular weight is 286 g/mol. The molecule has 2 nitrogen and oxygen atoms in total. The van der Waals surface area contributed by atoms with Gasteiger partial charge >= 0.3 is 0 Å².